The second-order valence-electron chi connectivity index (χ2n) is 5.38. The van der Waals surface area contributed by atoms with E-state index in [2.05, 4.69) is 39.0 Å². The average molecular weight is 458 g/mol. The summed E-state index contributed by atoms with van der Waals surface area (Å²) in [6.45, 7) is 3.53. The molecule has 0 amide bonds. The number of nitrogens with one attached hydrogen (secondary N) is 2. The third-order valence-corrected chi connectivity index (χ3v) is 4.87. The van der Waals surface area contributed by atoms with Crippen LogP contribution in [-0.2, 0) is 13.0 Å². The molecule has 2 aromatic rings. The number of halogens is 1. The summed E-state index contributed by atoms with van der Waals surface area (Å²) in [4.78, 5) is 8.90. The van der Waals surface area contributed by atoms with Crippen molar-refractivity contribution >= 4 is 41.3 Å². The maximum absolute atomic E-state index is 5.70. The van der Waals surface area contributed by atoms with Crippen LogP contribution in [-0.4, -0.2) is 24.6 Å². The first-order valence-electron chi connectivity index (χ1n) is 7.92. The Balaban J connectivity index is 0.00000208. The molecular weight excluding hydrogens is 435 g/mol. The lowest BCUT2D eigenvalue weighted by Gasteiger charge is -2.28. The molecule has 1 aliphatic rings. The number of guanidine groups is 1. The number of para-hydroxylation sites is 1. The van der Waals surface area contributed by atoms with Crippen LogP contribution in [0.2, 0.25) is 0 Å². The van der Waals surface area contributed by atoms with Crippen molar-refractivity contribution in [2.45, 2.75) is 32.4 Å². The third-order valence-electron chi connectivity index (χ3n) is 3.83. The van der Waals surface area contributed by atoms with Crippen molar-refractivity contribution in [2.24, 2.45) is 4.99 Å². The number of fused-ring (bicyclic) bond motifs is 1. The summed E-state index contributed by atoms with van der Waals surface area (Å²) in [6.07, 6.45) is 1.91. The number of rotatable bonds is 4. The van der Waals surface area contributed by atoms with Gasteiger partial charge in [0.25, 0.3) is 0 Å². The molecule has 0 aliphatic carbocycles. The number of hydrogen-bond donors (Lipinski definition) is 2. The van der Waals surface area contributed by atoms with Gasteiger partial charge in [-0.15, -0.1) is 35.3 Å². The van der Waals surface area contributed by atoms with Gasteiger partial charge < -0.3 is 15.4 Å². The van der Waals surface area contributed by atoms with E-state index in [9.17, 15) is 0 Å². The second kappa shape index (κ2) is 9.22. The SMILES string of the molecule is CCc1nc(CNC(=NC)NC2CCOc3ccccc32)cs1.I. The minimum Gasteiger partial charge on any atom is -0.493 e. The minimum absolute atomic E-state index is 0. The Morgan fingerprint density at radius 3 is 3.00 bits per heavy atom. The average Bonchev–Trinajstić information content (AvgIpc) is 3.07. The van der Waals surface area contributed by atoms with Gasteiger partial charge in [-0.2, -0.15) is 0 Å². The molecule has 0 bridgehead atoms. The molecule has 24 heavy (non-hydrogen) atoms. The molecule has 5 nitrogen and oxygen atoms in total. The molecule has 0 fully saturated rings. The van der Waals surface area contributed by atoms with Gasteiger partial charge in [0.2, 0.25) is 0 Å². The molecule has 0 saturated heterocycles. The molecule has 1 aliphatic heterocycles. The quantitative estimate of drug-likeness (QED) is 0.418. The standard InChI is InChI=1S/C17H22N4OS.HI/c1-3-16-20-12(11-23-16)10-19-17(18-2)21-14-8-9-22-15-7-5-4-6-13(14)15;/h4-7,11,14H,3,8-10H2,1-2H3,(H2,18,19,21);1H. The summed E-state index contributed by atoms with van der Waals surface area (Å²) >= 11 is 1.71. The third kappa shape index (κ3) is 4.60. The van der Waals surface area contributed by atoms with Crippen molar-refractivity contribution in [2.75, 3.05) is 13.7 Å². The van der Waals surface area contributed by atoms with Crippen LogP contribution in [0.1, 0.15) is 35.7 Å². The van der Waals surface area contributed by atoms with Crippen LogP contribution in [0.15, 0.2) is 34.6 Å². The molecule has 1 aromatic heterocycles. The van der Waals surface area contributed by atoms with Crippen molar-refractivity contribution in [1.82, 2.24) is 15.6 Å². The summed E-state index contributed by atoms with van der Waals surface area (Å²) in [5.41, 5.74) is 2.24. The van der Waals surface area contributed by atoms with Gasteiger partial charge in [0.05, 0.1) is 29.9 Å². The van der Waals surface area contributed by atoms with Gasteiger partial charge in [-0.1, -0.05) is 25.1 Å². The van der Waals surface area contributed by atoms with Crippen molar-refractivity contribution in [3.63, 3.8) is 0 Å². The topological polar surface area (TPSA) is 58.5 Å². The lowest BCUT2D eigenvalue weighted by Crippen LogP contribution is -2.40. The van der Waals surface area contributed by atoms with E-state index in [1.807, 2.05) is 18.2 Å². The van der Waals surface area contributed by atoms with Gasteiger partial charge in [-0.25, -0.2) is 4.98 Å². The highest BCUT2D eigenvalue weighted by Gasteiger charge is 2.21. The van der Waals surface area contributed by atoms with Gasteiger partial charge in [0.15, 0.2) is 5.96 Å². The lowest BCUT2D eigenvalue weighted by molar-refractivity contribution is 0.261. The lowest BCUT2D eigenvalue weighted by atomic mass is 10.0. The van der Waals surface area contributed by atoms with E-state index in [-0.39, 0.29) is 30.0 Å². The summed E-state index contributed by atoms with van der Waals surface area (Å²) in [7, 11) is 1.79. The smallest absolute Gasteiger partial charge is 0.191 e. The summed E-state index contributed by atoms with van der Waals surface area (Å²) < 4.78 is 5.70. The molecule has 1 unspecified atom stereocenters. The molecule has 1 atom stereocenters. The number of aryl methyl sites for hydroxylation is 1. The van der Waals surface area contributed by atoms with Crippen molar-refractivity contribution in [3.05, 3.63) is 45.9 Å². The first-order chi connectivity index (χ1) is 11.3. The van der Waals surface area contributed by atoms with E-state index < -0.39 is 0 Å². The Kier molecular flexibility index (Phi) is 7.29. The van der Waals surface area contributed by atoms with Crippen molar-refractivity contribution in [3.8, 4) is 5.75 Å². The first-order valence-corrected chi connectivity index (χ1v) is 8.80. The van der Waals surface area contributed by atoms with Crippen LogP contribution >= 0.6 is 35.3 Å². The van der Waals surface area contributed by atoms with Crippen molar-refractivity contribution in [1.29, 1.82) is 0 Å². The Hall–Kier alpha value is -1.35. The normalized spacial score (nSPS) is 16.6. The molecule has 2 heterocycles. The van der Waals surface area contributed by atoms with Gasteiger partial charge >= 0.3 is 0 Å². The van der Waals surface area contributed by atoms with E-state index >= 15 is 0 Å². The Morgan fingerprint density at radius 2 is 2.25 bits per heavy atom. The number of aromatic nitrogens is 1. The second-order valence-corrected chi connectivity index (χ2v) is 6.33. The highest BCUT2D eigenvalue weighted by atomic mass is 127. The molecule has 1 aromatic carbocycles. The predicted molar refractivity (Wildman–Crippen MR) is 110 cm³/mol. The summed E-state index contributed by atoms with van der Waals surface area (Å²) in [5.74, 6) is 1.75. The number of benzene rings is 1. The molecule has 0 spiro atoms. The zero-order chi connectivity index (χ0) is 16.1. The molecule has 2 N–H and O–H groups in total. The number of aliphatic imine (C=N–C) groups is 1. The first kappa shape index (κ1) is 19.0. The maximum Gasteiger partial charge on any atom is 0.191 e. The fourth-order valence-electron chi connectivity index (χ4n) is 2.62. The highest BCUT2D eigenvalue weighted by Crippen LogP contribution is 2.31. The van der Waals surface area contributed by atoms with Gasteiger partial charge in [-0.3, -0.25) is 4.99 Å². The predicted octanol–water partition coefficient (Wildman–Crippen LogP) is 3.51. The Bertz CT molecular complexity index is 689. The summed E-state index contributed by atoms with van der Waals surface area (Å²) in [6, 6.07) is 8.38. The van der Waals surface area contributed by atoms with Gasteiger partial charge in [0.1, 0.15) is 5.75 Å². The number of nitrogens with zero attached hydrogens (tertiary/aromatic N) is 2. The van der Waals surface area contributed by atoms with Crippen LogP contribution in [0.25, 0.3) is 0 Å². The van der Waals surface area contributed by atoms with Crippen LogP contribution in [0.5, 0.6) is 5.75 Å². The minimum atomic E-state index is 0. The van der Waals surface area contributed by atoms with Crippen LogP contribution in [0, 0.1) is 0 Å². The van der Waals surface area contributed by atoms with Gasteiger partial charge in [0, 0.05) is 24.4 Å². The fraction of sp³-hybridized carbons (Fsp3) is 0.412. The Labute approximate surface area is 164 Å². The molecular formula is C17H23IN4OS. The zero-order valence-corrected chi connectivity index (χ0v) is 17.1. The van der Waals surface area contributed by atoms with Crippen LogP contribution in [0.4, 0.5) is 0 Å². The van der Waals surface area contributed by atoms with E-state index in [1.165, 1.54) is 10.6 Å². The fourth-order valence-corrected chi connectivity index (χ4v) is 3.36. The number of ether oxygens (including phenoxy) is 1. The van der Waals surface area contributed by atoms with Crippen molar-refractivity contribution < 1.29 is 4.74 Å². The molecule has 0 saturated carbocycles. The maximum atomic E-state index is 5.70. The van der Waals surface area contributed by atoms with E-state index in [0.29, 0.717) is 6.54 Å². The zero-order valence-electron chi connectivity index (χ0n) is 13.9. The van der Waals surface area contributed by atoms with E-state index in [0.717, 1.165) is 36.9 Å². The summed E-state index contributed by atoms with van der Waals surface area (Å²) in [5, 5.41) is 10.1. The Morgan fingerprint density at radius 1 is 1.42 bits per heavy atom. The largest absolute Gasteiger partial charge is 0.493 e. The van der Waals surface area contributed by atoms with Crippen LogP contribution in [0.3, 0.4) is 0 Å². The van der Waals surface area contributed by atoms with Gasteiger partial charge in [-0.05, 0) is 12.5 Å². The highest BCUT2D eigenvalue weighted by molar-refractivity contribution is 14.0. The molecule has 130 valence electrons. The van der Waals surface area contributed by atoms with E-state index in [4.69, 9.17) is 4.74 Å². The molecule has 0 radical (unpaired) electrons. The van der Waals surface area contributed by atoms with E-state index in [1.54, 1.807) is 18.4 Å². The number of thiazole rings is 1. The monoisotopic (exact) mass is 458 g/mol. The van der Waals surface area contributed by atoms with Crippen LogP contribution < -0.4 is 15.4 Å². The molecule has 7 heteroatoms. The number of hydrogen-bond acceptors (Lipinski definition) is 4. The molecule has 3 rings (SSSR count).